The molecule has 0 amide bonds. The van der Waals surface area contributed by atoms with Crippen LogP contribution in [0.5, 0.6) is 0 Å². The molecule has 0 aliphatic heterocycles. The molecule has 2 aromatic heterocycles. The van der Waals surface area contributed by atoms with Crippen LogP contribution in [0.3, 0.4) is 0 Å². The van der Waals surface area contributed by atoms with Gasteiger partial charge in [-0.1, -0.05) is 18.2 Å². The van der Waals surface area contributed by atoms with Crippen LogP contribution in [0.4, 0.5) is 5.82 Å². The number of nitrogen functional groups attached to an aromatic ring is 1. The largest absolute Gasteiger partial charge is 0.383 e. The van der Waals surface area contributed by atoms with Gasteiger partial charge in [-0.15, -0.1) is 11.3 Å². The van der Waals surface area contributed by atoms with E-state index in [9.17, 15) is 0 Å². The van der Waals surface area contributed by atoms with Gasteiger partial charge in [0.25, 0.3) is 0 Å². The van der Waals surface area contributed by atoms with E-state index < -0.39 is 0 Å². The lowest BCUT2D eigenvalue weighted by molar-refractivity contribution is 0.250. The summed E-state index contributed by atoms with van der Waals surface area (Å²) in [6, 6.07) is 12.4. The summed E-state index contributed by atoms with van der Waals surface area (Å²) in [5.41, 5.74) is 6.94. The van der Waals surface area contributed by atoms with Gasteiger partial charge in [0.05, 0.1) is 12.1 Å². The van der Waals surface area contributed by atoms with Crippen LogP contribution in [0.15, 0.2) is 41.8 Å². The molecule has 2 heterocycles. The van der Waals surface area contributed by atoms with Gasteiger partial charge in [0, 0.05) is 16.3 Å². The molecular formula is C16H18N4S. The van der Waals surface area contributed by atoms with E-state index in [0.717, 1.165) is 16.7 Å². The first-order valence-electron chi connectivity index (χ1n) is 6.90. The summed E-state index contributed by atoms with van der Waals surface area (Å²) >= 11 is 1.77. The van der Waals surface area contributed by atoms with Crippen LogP contribution in [0.1, 0.15) is 23.7 Å². The number of anilines is 1. The van der Waals surface area contributed by atoms with Gasteiger partial charge in [-0.25, -0.2) is 9.97 Å². The minimum absolute atomic E-state index is 0.335. The quantitative estimate of drug-likeness (QED) is 0.801. The molecule has 0 saturated carbocycles. The van der Waals surface area contributed by atoms with E-state index in [1.807, 2.05) is 24.3 Å². The monoisotopic (exact) mass is 298 g/mol. The smallest absolute Gasteiger partial charge is 0.145 e. The average molecular weight is 298 g/mol. The Bertz CT molecular complexity index is 739. The number of nitrogens with two attached hydrogens (primary N) is 1. The first-order chi connectivity index (χ1) is 10.1. The second-order valence-corrected chi connectivity index (χ2v) is 6.13. The van der Waals surface area contributed by atoms with E-state index in [2.05, 4.69) is 46.4 Å². The second-order valence-electron chi connectivity index (χ2n) is 5.15. The minimum Gasteiger partial charge on any atom is -0.383 e. The highest BCUT2D eigenvalue weighted by molar-refractivity contribution is 7.10. The molecule has 108 valence electrons. The fourth-order valence-electron chi connectivity index (χ4n) is 2.33. The molecule has 0 bridgehead atoms. The number of thiophene rings is 1. The Morgan fingerprint density at radius 2 is 2.00 bits per heavy atom. The normalized spacial score (nSPS) is 12.9. The summed E-state index contributed by atoms with van der Waals surface area (Å²) in [5.74, 6) is 1.31. The zero-order chi connectivity index (χ0) is 14.8. The van der Waals surface area contributed by atoms with Crippen LogP contribution in [-0.4, -0.2) is 21.9 Å². The maximum absolute atomic E-state index is 6.04. The van der Waals surface area contributed by atoms with Gasteiger partial charge in [-0.2, -0.15) is 0 Å². The van der Waals surface area contributed by atoms with Crippen molar-refractivity contribution in [2.75, 3.05) is 12.8 Å². The third-order valence-corrected chi connectivity index (χ3v) is 4.73. The summed E-state index contributed by atoms with van der Waals surface area (Å²) < 4.78 is 0. The van der Waals surface area contributed by atoms with Crippen molar-refractivity contribution >= 4 is 28.1 Å². The Hall–Kier alpha value is -1.98. The van der Waals surface area contributed by atoms with E-state index in [0.29, 0.717) is 18.4 Å². The first-order valence-corrected chi connectivity index (χ1v) is 7.78. The van der Waals surface area contributed by atoms with Gasteiger partial charge in [0.2, 0.25) is 0 Å². The highest BCUT2D eigenvalue weighted by atomic mass is 32.1. The molecule has 0 aliphatic carbocycles. The van der Waals surface area contributed by atoms with Crippen molar-refractivity contribution in [3.8, 4) is 0 Å². The molecule has 3 rings (SSSR count). The van der Waals surface area contributed by atoms with Gasteiger partial charge >= 0.3 is 0 Å². The predicted octanol–water partition coefficient (Wildman–Crippen LogP) is 3.47. The highest BCUT2D eigenvalue weighted by Crippen LogP contribution is 2.25. The molecule has 0 fully saturated rings. The van der Waals surface area contributed by atoms with E-state index in [-0.39, 0.29) is 0 Å². The Morgan fingerprint density at radius 1 is 1.19 bits per heavy atom. The fraction of sp³-hybridized carbons (Fsp3) is 0.250. The molecule has 5 heteroatoms. The van der Waals surface area contributed by atoms with Gasteiger partial charge in [-0.3, -0.25) is 4.90 Å². The number of para-hydroxylation sites is 1. The molecular weight excluding hydrogens is 280 g/mol. The SMILES string of the molecule is C[C@H](c1cccs1)N(C)Cc1nc(N)c2ccccc2n1. The molecule has 1 atom stereocenters. The van der Waals surface area contributed by atoms with Gasteiger partial charge in [0.15, 0.2) is 0 Å². The summed E-state index contributed by atoms with van der Waals surface area (Å²) in [5, 5.41) is 3.01. The minimum atomic E-state index is 0.335. The van der Waals surface area contributed by atoms with Crippen LogP contribution in [0.2, 0.25) is 0 Å². The maximum Gasteiger partial charge on any atom is 0.145 e. The lowest BCUT2D eigenvalue weighted by Gasteiger charge is -2.23. The number of hydrogen-bond donors (Lipinski definition) is 1. The Morgan fingerprint density at radius 3 is 2.76 bits per heavy atom. The molecule has 0 saturated heterocycles. The maximum atomic E-state index is 6.04. The van der Waals surface area contributed by atoms with Gasteiger partial charge in [0.1, 0.15) is 11.6 Å². The average Bonchev–Trinajstić information content (AvgIpc) is 3.00. The lowest BCUT2D eigenvalue weighted by atomic mass is 10.2. The predicted molar refractivity (Wildman–Crippen MR) is 88.2 cm³/mol. The number of fused-ring (bicyclic) bond motifs is 1. The molecule has 0 radical (unpaired) electrons. The van der Waals surface area contributed by atoms with E-state index >= 15 is 0 Å². The summed E-state index contributed by atoms with van der Waals surface area (Å²) in [7, 11) is 2.08. The summed E-state index contributed by atoms with van der Waals surface area (Å²) in [4.78, 5) is 12.6. The van der Waals surface area contributed by atoms with Gasteiger partial charge < -0.3 is 5.73 Å². The topological polar surface area (TPSA) is 55.0 Å². The second kappa shape index (κ2) is 5.79. The Kier molecular flexibility index (Phi) is 3.86. The lowest BCUT2D eigenvalue weighted by Crippen LogP contribution is -2.22. The van der Waals surface area contributed by atoms with Gasteiger partial charge in [-0.05, 0) is 37.6 Å². The number of aromatic nitrogens is 2. The molecule has 3 aromatic rings. The van der Waals surface area contributed by atoms with Crippen molar-refractivity contribution in [2.45, 2.75) is 19.5 Å². The van der Waals surface area contributed by atoms with Crippen LogP contribution in [-0.2, 0) is 6.54 Å². The summed E-state index contributed by atoms with van der Waals surface area (Å²) in [6.45, 7) is 2.87. The van der Waals surface area contributed by atoms with Crippen LogP contribution in [0, 0.1) is 0 Å². The first kappa shape index (κ1) is 14.0. The Labute approximate surface area is 128 Å². The van der Waals surface area contributed by atoms with E-state index in [4.69, 9.17) is 5.73 Å². The number of hydrogen-bond acceptors (Lipinski definition) is 5. The van der Waals surface area contributed by atoms with Crippen molar-refractivity contribution in [1.29, 1.82) is 0 Å². The third-order valence-electron chi connectivity index (χ3n) is 3.69. The summed E-state index contributed by atoms with van der Waals surface area (Å²) in [6.07, 6.45) is 0. The standard InChI is InChI=1S/C16H18N4S/c1-11(14-8-5-9-21-14)20(2)10-15-18-13-7-4-3-6-12(13)16(17)19-15/h3-9,11H,10H2,1-2H3,(H2,17,18,19)/t11-/m1/s1. The third kappa shape index (κ3) is 2.89. The number of nitrogens with zero attached hydrogens (tertiary/aromatic N) is 3. The number of rotatable bonds is 4. The van der Waals surface area contributed by atoms with Crippen molar-refractivity contribution < 1.29 is 0 Å². The molecule has 1 aromatic carbocycles. The van der Waals surface area contributed by atoms with E-state index in [1.54, 1.807) is 11.3 Å². The van der Waals surface area contributed by atoms with Crippen molar-refractivity contribution in [3.05, 3.63) is 52.5 Å². The van der Waals surface area contributed by atoms with Crippen LogP contribution in [0.25, 0.3) is 10.9 Å². The zero-order valence-electron chi connectivity index (χ0n) is 12.2. The molecule has 0 aliphatic rings. The van der Waals surface area contributed by atoms with E-state index in [1.165, 1.54) is 4.88 Å². The molecule has 0 spiro atoms. The fourth-order valence-corrected chi connectivity index (χ4v) is 3.18. The number of benzene rings is 1. The molecule has 4 nitrogen and oxygen atoms in total. The molecule has 0 unspecified atom stereocenters. The Balaban J connectivity index is 1.84. The van der Waals surface area contributed by atoms with Crippen LogP contribution >= 0.6 is 11.3 Å². The van der Waals surface area contributed by atoms with Crippen molar-refractivity contribution in [1.82, 2.24) is 14.9 Å². The molecule has 21 heavy (non-hydrogen) atoms. The van der Waals surface area contributed by atoms with Crippen molar-refractivity contribution in [3.63, 3.8) is 0 Å². The highest BCUT2D eigenvalue weighted by Gasteiger charge is 2.15. The van der Waals surface area contributed by atoms with Crippen molar-refractivity contribution in [2.24, 2.45) is 0 Å². The molecule has 2 N–H and O–H groups in total. The van der Waals surface area contributed by atoms with Crippen LogP contribution < -0.4 is 5.73 Å². The zero-order valence-corrected chi connectivity index (χ0v) is 13.0.